The van der Waals surface area contributed by atoms with Gasteiger partial charge in [0.15, 0.2) is 0 Å². The van der Waals surface area contributed by atoms with Crippen LogP contribution in [0.3, 0.4) is 0 Å². The first-order valence-electron chi connectivity index (χ1n) is 7.94. The first-order valence-corrected chi connectivity index (χ1v) is 8.73. The second-order valence-corrected chi connectivity index (χ2v) is 6.91. The molecule has 1 saturated carbocycles. The van der Waals surface area contributed by atoms with E-state index in [1.165, 1.54) is 12.1 Å². The Morgan fingerprint density at radius 3 is 2.39 bits per heavy atom. The molecule has 2 atom stereocenters. The fourth-order valence-corrected chi connectivity index (χ4v) is 3.44. The Labute approximate surface area is 144 Å². The fourth-order valence-electron chi connectivity index (χ4n) is 3.17. The van der Waals surface area contributed by atoms with Crippen LogP contribution in [0, 0.1) is 11.7 Å². The molecule has 0 radical (unpaired) electrons. The number of nitrogens with one attached hydrogen (secondary N) is 1. The van der Waals surface area contributed by atoms with Gasteiger partial charge in [-0.2, -0.15) is 0 Å². The van der Waals surface area contributed by atoms with E-state index in [1.54, 1.807) is 12.1 Å². The minimum atomic E-state index is -0.260. The summed E-state index contributed by atoms with van der Waals surface area (Å²) in [5.41, 5.74) is 1.91. The van der Waals surface area contributed by atoms with Crippen molar-refractivity contribution < 1.29 is 9.18 Å². The topological polar surface area (TPSA) is 29.1 Å². The quantitative estimate of drug-likeness (QED) is 0.763. The van der Waals surface area contributed by atoms with Crippen molar-refractivity contribution >= 4 is 27.4 Å². The molecule has 4 heteroatoms. The number of benzene rings is 2. The predicted octanol–water partition coefficient (Wildman–Crippen LogP) is 5.50. The van der Waals surface area contributed by atoms with Gasteiger partial charge in [-0.15, -0.1) is 0 Å². The highest BCUT2D eigenvalue weighted by Crippen LogP contribution is 2.35. The number of halogens is 2. The summed E-state index contributed by atoms with van der Waals surface area (Å²) in [6, 6.07) is 14.3. The number of hydrogen-bond donors (Lipinski definition) is 1. The lowest BCUT2D eigenvalue weighted by atomic mass is 9.80. The van der Waals surface area contributed by atoms with Gasteiger partial charge in [0.1, 0.15) is 11.6 Å². The van der Waals surface area contributed by atoms with Crippen LogP contribution in [0.5, 0.6) is 0 Å². The van der Waals surface area contributed by atoms with Gasteiger partial charge in [-0.1, -0.05) is 34.5 Å². The monoisotopic (exact) mass is 375 g/mol. The summed E-state index contributed by atoms with van der Waals surface area (Å²) in [5, 5.41) is 3.44. The summed E-state index contributed by atoms with van der Waals surface area (Å²) in [5.74, 6) is 0.0262. The molecular weight excluding hydrogens is 357 g/mol. The van der Waals surface area contributed by atoms with Crippen molar-refractivity contribution in [2.75, 3.05) is 5.32 Å². The molecule has 2 aromatic carbocycles. The van der Waals surface area contributed by atoms with Crippen LogP contribution in [-0.2, 0) is 4.79 Å². The van der Waals surface area contributed by atoms with Crippen molar-refractivity contribution in [1.29, 1.82) is 0 Å². The minimum absolute atomic E-state index is 0.0324. The molecule has 1 fully saturated rings. The lowest BCUT2D eigenvalue weighted by Gasteiger charge is -2.31. The zero-order valence-electron chi connectivity index (χ0n) is 12.8. The summed E-state index contributed by atoms with van der Waals surface area (Å²) < 4.78 is 14.1. The van der Waals surface area contributed by atoms with E-state index in [9.17, 15) is 9.18 Å². The molecule has 1 aliphatic rings. The first kappa shape index (κ1) is 16.2. The molecule has 23 heavy (non-hydrogen) atoms. The second-order valence-electron chi connectivity index (χ2n) is 6.00. The molecule has 0 spiro atoms. The number of ketones is 1. The normalized spacial score (nSPS) is 19.4. The van der Waals surface area contributed by atoms with Gasteiger partial charge >= 0.3 is 0 Å². The van der Waals surface area contributed by atoms with E-state index in [0.717, 1.165) is 35.0 Å². The maximum Gasteiger partial charge on any atom is 0.138 e. The van der Waals surface area contributed by atoms with Gasteiger partial charge < -0.3 is 5.32 Å². The zero-order chi connectivity index (χ0) is 16.2. The Kier molecular flexibility index (Phi) is 5.11. The zero-order valence-corrected chi connectivity index (χ0v) is 14.4. The van der Waals surface area contributed by atoms with Crippen molar-refractivity contribution in [3.8, 4) is 0 Å². The van der Waals surface area contributed by atoms with Crippen molar-refractivity contribution in [3.63, 3.8) is 0 Å². The van der Waals surface area contributed by atoms with Gasteiger partial charge in [0, 0.05) is 22.5 Å². The van der Waals surface area contributed by atoms with Crippen molar-refractivity contribution in [1.82, 2.24) is 0 Å². The number of anilines is 1. The lowest BCUT2D eigenvalue weighted by Crippen LogP contribution is -2.30. The van der Waals surface area contributed by atoms with Gasteiger partial charge in [0.25, 0.3) is 0 Å². The molecule has 2 nitrogen and oxygen atoms in total. The Morgan fingerprint density at radius 2 is 1.74 bits per heavy atom. The summed E-state index contributed by atoms with van der Waals surface area (Å²) >= 11 is 3.45. The average Bonchev–Trinajstić information content (AvgIpc) is 2.56. The first-order chi connectivity index (χ1) is 11.1. The standard InChI is InChI=1S/C19H19BrFNO/c20-14-7-5-13(6-8-14)19(17-3-1-2-4-18(17)23)22-16-11-9-15(21)10-12-16/h5-12,17,19,22H,1-4H2/t17-,19+/m0/s1. The molecule has 0 amide bonds. The molecule has 0 aliphatic heterocycles. The van der Waals surface area contributed by atoms with Gasteiger partial charge in [-0.3, -0.25) is 4.79 Å². The molecule has 0 aromatic heterocycles. The van der Waals surface area contributed by atoms with E-state index in [2.05, 4.69) is 21.2 Å². The lowest BCUT2D eigenvalue weighted by molar-refractivity contribution is -0.125. The summed E-state index contributed by atoms with van der Waals surface area (Å²) in [7, 11) is 0. The highest BCUT2D eigenvalue weighted by atomic mass is 79.9. The highest BCUT2D eigenvalue weighted by molar-refractivity contribution is 9.10. The molecule has 0 heterocycles. The van der Waals surface area contributed by atoms with E-state index >= 15 is 0 Å². The SMILES string of the molecule is O=C1CCCC[C@@H]1[C@H](Nc1ccc(F)cc1)c1ccc(Br)cc1. The Hall–Kier alpha value is -1.68. The van der Waals surface area contributed by atoms with Crippen molar-refractivity contribution in [2.45, 2.75) is 31.7 Å². The Bertz CT molecular complexity index is 669. The van der Waals surface area contributed by atoms with E-state index in [-0.39, 0.29) is 17.8 Å². The third kappa shape index (κ3) is 3.99. The van der Waals surface area contributed by atoms with E-state index in [0.29, 0.717) is 12.2 Å². The predicted molar refractivity (Wildman–Crippen MR) is 93.9 cm³/mol. The number of carbonyl (C=O) groups is 1. The highest BCUT2D eigenvalue weighted by Gasteiger charge is 2.31. The third-order valence-electron chi connectivity index (χ3n) is 4.40. The van der Waals surface area contributed by atoms with Crippen molar-refractivity contribution in [3.05, 3.63) is 64.4 Å². The Morgan fingerprint density at radius 1 is 1.04 bits per heavy atom. The Balaban J connectivity index is 1.90. The van der Waals surface area contributed by atoms with E-state index in [1.807, 2.05) is 24.3 Å². The van der Waals surface area contributed by atoms with Crippen LogP contribution >= 0.6 is 15.9 Å². The third-order valence-corrected chi connectivity index (χ3v) is 4.93. The van der Waals surface area contributed by atoms with E-state index in [4.69, 9.17) is 0 Å². The van der Waals surface area contributed by atoms with Gasteiger partial charge in [-0.05, 0) is 54.8 Å². The smallest absolute Gasteiger partial charge is 0.138 e. The summed E-state index contributed by atoms with van der Waals surface area (Å²) in [6.45, 7) is 0. The average molecular weight is 376 g/mol. The molecule has 0 unspecified atom stereocenters. The summed E-state index contributed by atoms with van der Waals surface area (Å²) in [4.78, 5) is 12.4. The van der Waals surface area contributed by atoms with Gasteiger partial charge in [0.2, 0.25) is 0 Å². The molecule has 0 saturated heterocycles. The molecule has 3 rings (SSSR count). The van der Waals surface area contributed by atoms with Crippen LogP contribution in [-0.4, -0.2) is 5.78 Å². The number of Topliss-reactive ketones (excluding diaryl/α,β-unsaturated/α-hetero) is 1. The number of hydrogen-bond acceptors (Lipinski definition) is 2. The fraction of sp³-hybridized carbons (Fsp3) is 0.316. The molecule has 1 aliphatic carbocycles. The van der Waals surface area contributed by atoms with Crippen LogP contribution < -0.4 is 5.32 Å². The maximum atomic E-state index is 13.1. The van der Waals surface area contributed by atoms with E-state index < -0.39 is 0 Å². The van der Waals surface area contributed by atoms with Crippen LogP contribution in [0.1, 0.15) is 37.3 Å². The number of carbonyl (C=O) groups excluding carboxylic acids is 1. The minimum Gasteiger partial charge on any atom is -0.378 e. The molecule has 2 aromatic rings. The molecule has 120 valence electrons. The number of rotatable bonds is 4. The van der Waals surface area contributed by atoms with Crippen LogP contribution in [0.25, 0.3) is 0 Å². The molecular formula is C19H19BrFNO. The largest absolute Gasteiger partial charge is 0.378 e. The van der Waals surface area contributed by atoms with Gasteiger partial charge in [-0.25, -0.2) is 4.39 Å². The van der Waals surface area contributed by atoms with Crippen LogP contribution in [0.4, 0.5) is 10.1 Å². The van der Waals surface area contributed by atoms with Crippen molar-refractivity contribution in [2.24, 2.45) is 5.92 Å². The molecule has 0 bridgehead atoms. The maximum absolute atomic E-state index is 13.1. The molecule has 1 N–H and O–H groups in total. The summed E-state index contributed by atoms with van der Waals surface area (Å²) in [6.07, 6.45) is 3.62. The van der Waals surface area contributed by atoms with Gasteiger partial charge in [0.05, 0.1) is 6.04 Å². The second kappa shape index (κ2) is 7.26. The van der Waals surface area contributed by atoms with Crippen LogP contribution in [0.2, 0.25) is 0 Å². The van der Waals surface area contributed by atoms with Crippen LogP contribution in [0.15, 0.2) is 53.0 Å².